The summed E-state index contributed by atoms with van der Waals surface area (Å²) in [5, 5.41) is 0. The third kappa shape index (κ3) is 3.37. The number of carbonyl (C=O) groups is 1. The molecule has 1 atom stereocenters. The molecule has 1 aliphatic rings. The van der Waals surface area contributed by atoms with E-state index >= 15 is 0 Å². The molecule has 1 amide bonds. The van der Waals surface area contributed by atoms with E-state index in [0.29, 0.717) is 0 Å². The molecule has 0 aromatic rings. The zero-order valence-corrected chi connectivity index (χ0v) is 9.38. The Morgan fingerprint density at radius 1 is 1.50 bits per heavy atom. The molecule has 16 heavy (non-hydrogen) atoms. The first-order valence-corrected chi connectivity index (χ1v) is 5.24. The zero-order valence-electron chi connectivity index (χ0n) is 9.38. The number of methoxy groups -OCH3 is 1. The van der Waals surface area contributed by atoms with E-state index in [0.717, 1.165) is 17.7 Å². The van der Waals surface area contributed by atoms with Gasteiger partial charge >= 0.3 is 12.1 Å². The van der Waals surface area contributed by atoms with E-state index < -0.39 is 12.1 Å². The summed E-state index contributed by atoms with van der Waals surface area (Å²) in [6.45, 7) is 1.78. The maximum absolute atomic E-state index is 12.3. The highest BCUT2D eigenvalue weighted by Gasteiger charge is 2.46. The van der Waals surface area contributed by atoms with Gasteiger partial charge in [0.25, 0.3) is 0 Å². The molecule has 1 saturated carbocycles. The van der Waals surface area contributed by atoms with Crippen LogP contribution in [0.15, 0.2) is 0 Å². The molecule has 0 aromatic heterocycles. The number of rotatable bonds is 5. The monoisotopic (exact) mass is 239 g/mol. The van der Waals surface area contributed by atoms with Crippen LogP contribution in [-0.2, 0) is 9.53 Å². The number of alkyl halides is 3. The summed E-state index contributed by atoms with van der Waals surface area (Å²) in [5.74, 6) is -1.55. The van der Waals surface area contributed by atoms with Crippen molar-refractivity contribution in [3.63, 3.8) is 0 Å². The van der Waals surface area contributed by atoms with Gasteiger partial charge in [-0.2, -0.15) is 13.2 Å². The lowest BCUT2D eigenvalue weighted by molar-refractivity contribution is -0.188. The Balaban J connectivity index is 2.65. The summed E-state index contributed by atoms with van der Waals surface area (Å²) in [6, 6.07) is -0.357. The number of carbonyl (C=O) groups excluding carboxylic acids is 1. The third-order valence-corrected chi connectivity index (χ3v) is 2.84. The molecule has 1 fully saturated rings. The van der Waals surface area contributed by atoms with Crippen LogP contribution in [0.4, 0.5) is 13.2 Å². The molecule has 1 unspecified atom stereocenters. The number of ether oxygens (including phenoxy) is 1. The lowest BCUT2D eigenvalue weighted by Crippen LogP contribution is -2.48. The van der Waals surface area contributed by atoms with Crippen LogP contribution in [0, 0.1) is 5.92 Å². The normalized spacial score (nSPS) is 18.3. The van der Waals surface area contributed by atoms with Gasteiger partial charge in [0.15, 0.2) is 0 Å². The Morgan fingerprint density at radius 2 is 2.06 bits per heavy atom. The molecule has 6 heteroatoms. The Hall–Kier alpha value is -0.780. The molecule has 1 rings (SSSR count). The van der Waals surface area contributed by atoms with Crippen LogP contribution in [0.3, 0.4) is 0 Å². The van der Waals surface area contributed by atoms with Crippen molar-refractivity contribution < 1.29 is 22.7 Å². The quantitative estimate of drug-likeness (QED) is 0.732. The van der Waals surface area contributed by atoms with Crippen LogP contribution < -0.4 is 0 Å². The fraction of sp³-hybridized carbons (Fsp3) is 0.900. The zero-order chi connectivity index (χ0) is 12.3. The SMILES string of the molecule is COCCN(C(=O)C(F)(F)F)C(C)C1CC1. The largest absolute Gasteiger partial charge is 0.471 e. The third-order valence-electron chi connectivity index (χ3n) is 2.84. The van der Waals surface area contributed by atoms with Crippen LogP contribution in [0.2, 0.25) is 0 Å². The first-order valence-electron chi connectivity index (χ1n) is 5.24. The van der Waals surface area contributed by atoms with Gasteiger partial charge in [-0.25, -0.2) is 0 Å². The Bertz CT molecular complexity index is 251. The van der Waals surface area contributed by atoms with Gasteiger partial charge in [-0.05, 0) is 25.7 Å². The molecule has 3 nitrogen and oxygen atoms in total. The van der Waals surface area contributed by atoms with Crippen molar-refractivity contribution in [1.82, 2.24) is 4.90 Å². The van der Waals surface area contributed by atoms with E-state index in [1.807, 2.05) is 0 Å². The van der Waals surface area contributed by atoms with Crippen LogP contribution in [0.1, 0.15) is 19.8 Å². The number of halogens is 3. The van der Waals surface area contributed by atoms with Gasteiger partial charge < -0.3 is 9.64 Å². The smallest absolute Gasteiger partial charge is 0.383 e. The highest BCUT2D eigenvalue weighted by Crippen LogP contribution is 2.36. The lowest BCUT2D eigenvalue weighted by atomic mass is 10.2. The number of nitrogens with zero attached hydrogens (tertiary/aromatic N) is 1. The number of hydrogen-bond donors (Lipinski definition) is 0. The minimum Gasteiger partial charge on any atom is -0.383 e. The predicted molar refractivity (Wildman–Crippen MR) is 51.8 cm³/mol. The van der Waals surface area contributed by atoms with Crippen LogP contribution in [-0.4, -0.2) is 43.3 Å². The topological polar surface area (TPSA) is 29.5 Å². The van der Waals surface area contributed by atoms with Crippen LogP contribution >= 0.6 is 0 Å². The molecular formula is C10H16F3NO2. The second-order valence-corrected chi connectivity index (χ2v) is 4.07. The van der Waals surface area contributed by atoms with Gasteiger partial charge in [0.05, 0.1) is 6.61 Å². The van der Waals surface area contributed by atoms with E-state index in [9.17, 15) is 18.0 Å². The molecular weight excluding hydrogens is 223 g/mol. The van der Waals surface area contributed by atoms with Gasteiger partial charge in [-0.1, -0.05) is 0 Å². The van der Waals surface area contributed by atoms with E-state index in [-0.39, 0.29) is 25.1 Å². The molecule has 0 aromatic carbocycles. The molecule has 0 bridgehead atoms. The van der Waals surface area contributed by atoms with Crippen molar-refractivity contribution in [2.75, 3.05) is 20.3 Å². The fourth-order valence-electron chi connectivity index (χ4n) is 1.68. The first kappa shape index (κ1) is 13.3. The summed E-state index contributed by atoms with van der Waals surface area (Å²) >= 11 is 0. The number of amides is 1. The van der Waals surface area contributed by atoms with Crippen molar-refractivity contribution in [1.29, 1.82) is 0 Å². The van der Waals surface area contributed by atoms with Gasteiger partial charge in [-0.15, -0.1) is 0 Å². The molecule has 0 spiro atoms. The maximum atomic E-state index is 12.3. The van der Waals surface area contributed by atoms with Gasteiger partial charge in [0.1, 0.15) is 0 Å². The molecule has 0 heterocycles. The van der Waals surface area contributed by atoms with Gasteiger partial charge in [0, 0.05) is 19.7 Å². The van der Waals surface area contributed by atoms with Crippen LogP contribution in [0.5, 0.6) is 0 Å². The predicted octanol–water partition coefficient (Wildman–Crippen LogP) is 1.82. The molecule has 0 saturated heterocycles. The van der Waals surface area contributed by atoms with Crippen molar-refractivity contribution in [2.24, 2.45) is 5.92 Å². The Kier molecular flexibility index (Phi) is 4.18. The Labute approximate surface area is 92.5 Å². The first-order chi connectivity index (χ1) is 7.38. The number of hydrogen-bond acceptors (Lipinski definition) is 2. The Morgan fingerprint density at radius 3 is 2.44 bits per heavy atom. The van der Waals surface area contributed by atoms with Crippen molar-refractivity contribution in [2.45, 2.75) is 32.0 Å². The second kappa shape index (κ2) is 5.03. The molecule has 0 N–H and O–H groups in total. The standard InChI is InChI=1S/C10H16F3NO2/c1-7(8-3-4-8)14(5-6-16-2)9(15)10(11,12)13/h7-8H,3-6H2,1-2H3. The minimum atomic E-state index is -4.79. The van der Waals surface area contributed by atoms with Crippen molar-refractivity contribution >= 4 is 5.91 Å². The second-order valence-electron chi connectivity index (χ2n) is 4.07. The van der Waals surface area contributed by atoms with Crippen molar-refractivity contribution in [3.8, 4) is 0 Å². The highest BCUT2D eigenvalue weighted by molar-refractivity contribution is 5.82. The summed E-state index contributed by atoms with van der Waals surface area (Å²) in [7, 11) is 1.40. The molecule has 1 aliphatic carbocycles. The van der Waals surface area contributed by atoms with E-state index in [2.05, 4.69) is 0 Å². The summed E-state index contributed by atoms with van der Waals surface area (Å²) in [5.41, 5.74) is 0. The van der Waals surface area contributed by atoms with Crippen LogP contribution in [0.25, 0.3) is 0 Å². The summed E-state index contributed by atoms with van der Waals surface area (Å²) in [6.07, 6.45) is -3.00. The van der Waals surface area contributed by atoms with E-state index in [4.69, 9.17) is 4.74 Å². The lowest BCUT2D eigenvalue weighted by Gasteiger charge is -2.29. The molecule has 0 radical (unpaired) electrons. The minimum absolute atomic E-state index is 0.00743. The average molecular weight is 239 g/mol. The maximum Gasteiger partial charge on any atom is 0.471 e. The summed E-state index contributed by atoms with van der Waals surface area (Å²) < 4.78 is 41.7. The fourth-order valence-corrected chi connectivity index (χ4v) is 1.68. The summed E-state index contributed by atoms with van der Waals surface area (Å²) in [4.78, 5) is 12.1. The van der Waals surface area contributed by atoms with E-state index in [1.165, 1.54) is 7.11 Å². The molecule has 94 valence electrons. The van der Waals surface area contributed by atoms with Gasteiger partial charge in [-0.3, -0.25) is 4.79 Å². The van der Waals surface area contributed by atoms with Gasteiger partial charge in [0.2, 0.25) is 0 Å². The average Bonchev–Trinajstić information content (AvgIpc) is 2.99. The van der Waals surface area contributed by atoms with E-state index in [1.54, 1.807) is 6.92 Å². The molecule has 0 aliphatic heterocycles. The van der Waals surface area contributed by atoms with Crippen molar-refractivity contribution in [3.05, 3.63) is 0 Å². The highest BCUT2D eigenvalue weighted by atomic mass is 19.4.